The van der Waals surface area contributed by atoms with E-state index in [1.165, 1.54) is 18.2 Å². The third kappa shape index (κ3) is 6.40. The van der Waals surface area contributed by atoms with E-state index in [0.29, 0.717) is 5.75 Å². The van der Waals surface area contributed by atoms with Crippen LogP contribution in [-0.4, -0.2) is 31.6 Å². The lowest BCUT2D eigenvalue weighted by Gasteiger charge is -2.07. The molecule has 1 amide bonds. The first kappa shape index (κ1) is 14.9. The molecule has 0 aromatic heterocycles. The molecule has 0 heterocycles. The molecule has 6 heteroatoms. The fourth-order valence-electron chi connectivity index (χ4n) is 1.29. The van der Waals surface area contributed by atoms with Gasteiger partial charge in [-0.3, -0.25) is 9.59 Å². The van der Waals surface area contributed by atoms with Crippen molar-refractivity contribution in [1.29, 1.82) is 0 Å². The molecule has 0 aliphatic heterocycles. The quantitative estimate of drug-likeness (QED) is 0.757. The number of carbonyl (C=O) groups is 2. The number of benzene rings is 1. The summed E-state index contributed by atoms with van der Waals surface area (Å²) in [6.45, 7) is 1.91. The topological polar surface area (TPSA) is 64.6 Å². The van der Waals surface area contributed by atoms with Gasteiger partial charge in [-0.05, 0) is 19.1 Å². The van der Waals surface area contributed by atoms with Gasteiger partial charge in [-0.15, -0.1) is 0 Å². The van der Waals surface area contributed by atoms with Crippen molar-refractivity contribution in [2.45, 2.75) is 13.3 Å². The maximum absolute atomic E-state index is 12.8. The largest absolute Gasteiger partial charge is 0.493 e. The third-order valence-electron chi connectivity index (χ3n) is 2.13. The number of rotatable bonds is 7. The van der Waals surface area contributed by atoms with Crippen molar-refractivity contribution < 1.29 is 23.5 Å². The van der Waals surface area contributed by atoms with Crippen LogP contribution < -0.4 is 10.1 Å². The van der Waals surface area contributed by atoms with E-state index in [0.717, 1.165) is 0 Å². The van der Waals surface area contributed by atoms with Crippen LogP contribution in [0.15, 0.2) is 24.3 Å². The predicted molar refractivity (Wildman–Crippen MR) is 66.2 cm³/mol. The van der Waals surface area contributed by atoms with E-state index in [4.69, 9.17) is 4.74 Å². The minimum atomic E-state index is -0.484. The lowest BCUT2D eigenvalue weighted by Crippen LogP contribution is -2.31. The van der Waals surface area contributed by atoms with Gasteiger partial charge in [0.1, 0.15) is 18.1 Å². The van der Waals surface area contributed by atoms with Gasteiger partial charge in [0.15, 0.2) is 0 Å². The number of hydrogen-bond acceptors (Lipinski definition) is 4. The SMILES string of the molecule is CCOC(=O)CNC(=O)CCOc1cccc(F)c1. The Bertz CT molecular complexity index is 436. The van der Waals surface area contributed by atoms with Crippen LogP contribution in [0.5, 0.6) is 5.75 Å². The van der Waals surface area contributed by atoms with Gasteiger partial charge in [0.2, 0.25) is 5.91 Å². The van der Waals surface area contributed by atoms with Crippen molar-refractivity contribution in [2.24, 2.45) is 0 Å². The summed E-state index contributed by atoms with van der Waals surface area (Å²) in [5.74, 6) is -0.853. The molecule has 0 spiro atoms. The van der Waals surface area contributed by atoms with Gasteiger partial charge < -0.3 is 14.8 Å². The van der Waals surface area contributed by atoms with Crippen LogP contribution in [0, 0.1) is 5.82 Å². The molecular formula is C13H16FNO4. The summed E-state index contributed by atoms with van der Waals surface area (Å²) in [7, 11) is 0. The molecule has 0 saturated carbocycles. The third-order valence-corrected chi connectivity index (χ3v) is 2.13. The van der Waals surface area contributed by atoms with E-state index in [2.05, 4.69) is 10.1 Å². The van der Waals surface area contributed by atoms with Crippen LogP contribution in [0.1, 0.15) is 13.3 Å². The van der Waals surface area contributed by atoms with Gasteiger partial charge in [0.05, 0.1) is 19.6 Å². The molecule has 0 saturated heterocycles. The standard InChI is InChI=1S/C13H16FNO4/c1-2-18-13(17)9-15-12(16)6-7-19-11-5-3-4-10(14)8-11/h3-5,8H,2,6-7,9H2,1H3,(H,15,16). The second-order valence-corrected chi connectivity index (χ2v) is 3.64. The van der Waals surface area contributed by atoms with Crippen molar-refractivity contribution in [3.8, 4) is 5.75 Å². The molecule has 0 aliphatic rings. The summed E-state index contributed by atoms with van der Waals surface area (Å²) < 4.78 is 22.7. The molecule has 1 N–H and O–H groups in total. The Morgan fingerprint density at radius 1 is 1.37 bits per heavy atom. The van der Waals surface area contributed by atoms with Crippen molar-refractivity contribution in [1.82, 2.24) is 5.32 Å². The number of nitrogens with one attached hydrogen (secondary N) is 1. The maximum atomic E-state index is 12.8. The molecule has 0 atom stereocenters. The molecule has 19 heavy (non-hydrogen) atoms. The minimum absolute atomic E-state index is 0.0793. The molecule has 1 aromatic carbocycles. The molecule has 0 unspecified atom stereocenters. The van der Waals surface area contributed by atoms with Gasteiger partial charge in [-0.2, -0.15) is 0 Å². The predicted octanol–water partition coefficient (Wildman–Crippen LogP) is 1.27. The molecule has 1 aromatic rings. The monoisotopic (exact) mass is 269 g/mol. The van der Waals surface area contributed by atoms with Crippen molar-refractivity contribution in [2.75, 3.05) is 19.8 Å². The van der Waals surface area contributed by atoms with Crippen molar-refractivity contribution in [3.63, 3.8) is 0 Å². The first-order valence-corrected chi connectivity index (χ1v) is 5.92. The highest BCUT2D eigenvalue weighted by molar-refractivity contribution is 5.81. The Kier molecular flexibility index (Phi) is 6.35. The average molecular weight is 269 g/mol. The van der Waals surface area contributed by atoms with Gasteiger partial charge in [-0.1, -0.05) is 6.07 Å². The van der Waals surface area contributed by atoms with Gasteiger partial charge in [-0.25, -0.2) is 4.39 Å². The molecule has 104 valence electrons. The van der Waals surface area contributed by atoms with Crippen LogP contribution in [0.3, 0.4) is 0 Å². The zero-order valence-electron chi connectivity index (χ0n) is 10.6. The van der Waals surface area contributed by atoms with Gasteiger partial charge in [0.25, 0.3) is 0 Å². The zero-order chi connectivity index (χ0) is 14.1. The molecule has 5 nitrogen and oxygen atoms in total. The number of halogens is 1. The van der Waals surface area contributed by atoms with E-state index in [-0.39, 0.29) is 32.1 Å². The van der Waals surface area contributed by atoms with E-state index >= 15 is 0 Å². The van der Waals surface area contributed by atoms with Crippen LogP contribution in [0.25, 0.3) is 0 Å². The highest BCUT2D eigenvalue weighted by Crippen LogP contribution is 2.11. The Morgan fingerprint density at radius 2 is 2.16 bits per heavy atom. The molecular weight excluding hydrogens is 253 g/mol. The van der Waals surface area contributed by atoms with Gasteiger partial charge >= 0.3 is 5.97 Å². The van der Waals surface area contributed by atoms with E-state index in [1.54, 1.807) is 13.0 Å². The number of amides is 1. The molecule has 0 aliphatic carbocycles. The lowest BCUT2D eigenvalue weighted by atomic mass is 10.3. The number of carbonyl (C=O) groups excluding carboxylic acids is 2. The average Bonchev–Trinajstić information content (AvgIpc) is 2.37. The molecule has 0 bridgehead atoms. The Balaban J connectivity index is 2.18. The molecule has 1 rings (SSSR count). The van der Waals surface area contributed by atoms with Crippen LogP contribution in [0.2, 0.25) is 0 Å². The smallest absolute Gasteiger partial charge is 0.325 e. The Morgan fingerprint density at radius 3 is 2.84 bits per heavy atom. The van der Waals surface area contributed by atoms with E-state index < -0.39 is 11.8 Å². The second kappa shape index (κ2) is 8.07. The van der Waals surface area contributed by atoms with E-state index in [1.807, 2.05) is 0 Å². The van der Waals surface area contributed by atoms with Crippen LogP contribution in [0.4, 0.5) is 4.39 Å². The summed E-state index contributed by atoms with van der Waals surface area (Å²) in [5.41, 5.74) is 0. The number of esters is 1. The van der Waals surface area contributed by atoms with Crippen LogP contribution >= 0.6 is 0 Å². The first-order valence-electron chi connectivity index (χ1n) is 5.92. The number of ether oxygens (including phenoxy) is 2. The summed E-state index contributed by atoms with van der Waals surface area (Å²) in [6, 6.07) is 5.65. The summed E-state index contributed by atoms with van der Waals surface area (Å²) in [5, 5.41) is 2.40. The Labute approximate surface area is 110 Å². The summed E-state index contributed by atoms with van der Waals surface area (Å²) in [4.78, 5) is 22.3. The first-order chi connectivity index (χ1) is 9.11. The Hall–Kier alpha value is -2.11. The van der Waals surface area contributed by atoms with Crippen molar-refractivity contribution >= 4 is 11.9 Å². The summed E-state index contributed by atoms with van der Waals surface area (Å²) in [6.07, 6.45) is 0.0793. The normalized spacial score (nSPS) is 9.79. The van der Waals surface area contributed by atoms with Crippen LogP contribution in [-0.2, 0) is 14.3 Å². The van der Waals surface area contributed by atoms with Gasteiger partial charge in [0, 0.05) is 6.07 Å². The minimum Gasteiger partial charge on any atom is -0.493 e. The fraction of sp³-hybridized carbons (Fsp3) is 0.385. The highest BCUT2D eigenvalue weighted by atomic mass is 19.1. The maximum Gasteiger partial charge on any atom is 0.325 e. The number of hydrogen-bond donors (Lipinski definition) is 1. The summed E-state index contributed by atoms with van der Waals surface area (Å²) >= 11 is 0. The van der Waals surface area contributed by atoms with Crippen molar-refractivity contribution in [3.05, 3.63) is 30.1 Å². The fourth-order valence-corrected chi connectivity index (χ4v) is 1.29. The molecule has 0 radical (unpaired) electrons. The lowest BCUT2D eigenvalue weighted by molar-refractivity contribution is -0.143. The molecule has 0 fully saturated rings. The zero-order valence-corrected chi connectivity index (χ0v) is 10.6. The highest BCUT2D eigenvalue weighted by Gasteiger charge is 2.06. The second-order valence-electron chi connectivity index (χ2n) is 3.64. The van der Waals surface area contributed by atoms with E-state index in [9.17, 15) is 14.0 Å².